The van der Waals surface area contributed by atoms with E-state index in [1.807, 2.05) is 19.1 Å². The normalized spacial score (nSPS) is 16.1. The van der Waals surface area contributed by atoms with Crippen LogP contribution in [0.2, 0.25) is 5.02 Å². The van der Waals surface area contributed by atoms with E-state index in [2.05, 4.69) is 27.2 Å². The Morgan fingerprint density at radius 2 is 1.96 bits per heavy atom. The lowest BCUT2D eigenvalue weighted by molar-refractivity contribution is 0.0934. The van der Waals surface area contributed by atoms with Crippen LogP contribution in [-0.4, -0.2) is 51.8 Å². The van der Waals surface area contributed by atoms with Gasteiger partial charge in [0.05, 0.1) is 5.69 Å². The average molecular weight is 362 g/mol. The predicted molar refractivity (Wildman–Crippen MR) is 98.3 cm³/mol. The van der Waals surface area contributed by atoms with Crippen molar-refractivity contribution >= 4 is 17.5 Å². The highest BCUT2D eigenvalue weighted by Crippen LogP contribution is 2.15. The largest absolute Gasteiger partial charge is 0.348 e. The molecule has 0 spiro atoms. The Hall–Kier alpha value is -1.92. The van der Waals surface area contributed by atoms with Gasteiger partial charge in [0.2, 0.25) is 5.82 Å². The van der Waals surface area contributed by atoms with Crippen molar-refractivity contribution in [3.63, 3.8) is 0 Å². The summed E-state index contributed by atoms with van der Waals surface area (Å²) in [6, 6.07) is 7.28. The molecule has 25 heavy (non-hydrogen) atoms. The minimum absolute atomic E-state index is 0.194. The lowest BCUT2D eigenvalue weighted by Crippen LogP contribution is -2.39. The Morgan fingerprint density at radius 3 is 2.64 bits per heavy atom. The second-order valence-corrected chi connectivity index (χ2v) is 7.09. The van der Waals surface area contributed by atoms with Crippen LogP contribution in [0.5, 0.6) is 0 Å². The maximum atomic E-state index is 12.3. The molecule has 1 aromatic carbocycles. The summed E-state index contributed by atoms with van der Waals surface area (Å²) in [5, 5.41) is 7.90. The highest BCUT2D eigenvalue weighted by Gasteiger charge is 2.17. The van der Waals surface area contributed by atoms with Gasteiger partial charge >= 0.3 is 0 Å². The number of hydrogen-bond acceptors (Lipinski definition) is 4. The summed E-state index contributed by atoms with van der Waals surface area (Å²) in [7, 11) is 0. The van der Waals surface area contributed by atoms with Crippen LogP contribution in [0.3, 0.4) is 0 Å². The van der Waals surface area contributed by atoms with Gasteiger partial charge < -0.3 is 10.2 Å². The van der Waals surface area contributed by atoms with Gasteiger partial charge in [-0.2, -0.15) is 0 Å². The van der Waals surface area contributed by atoms with Crippen molar-refractivity contribution in [2.45, 2.75) is 26.7 Å². The molecular formula is C18H24ClN5O. The van der Waals surface area contributed by atoms with E-state index < -0.39 is 0 Å². The van der Waals surface area contributed by atoms with Crippen molar-refractivity contribution in [3.8, 4) is 5.69 Å². The molecule has 0 radical (unpaired) electrons. The molecular weight excluding hydrogens is 338 g/mol. The minimum atomic E-state index is -0.235. The highest BCUT2D eigenvalue weighted by atomic mass is 35.5. The molecule has 0 unspecified atom stereocenters. The zero-order valence-corrected chi connectivity index (χ0v) is 15.5. The highest BCUT2D eigenvalue weighted by molar-refractivity contribution is 6.30. The van der Waals surface area contributed by atoms with E-state index in [-0.39, 0.29) is 11.7 Å². The third-order valence-corrected chi connectivity index (χ3v) is 4.89. The maximum absolute atomic E-state index is 12.3. The second-order valence-electron chi connectivity index (χ2n) is 6.65. The fraction of sp³-hybridized carbons (Fsp3) is 0.500. The van der Waals surface area contributed by atoms with E-state index in [4.69, 9.17) is 11.6 Å². The molecule has 3 rings (SSSR count). The Morgan fingerprint density at radius 1 is 1.28 bits per heavy atom. The number of nitrogens with zero attached hydrogens (tertiary/aromatic N) is 4. The first kappa shape index (κ1) is 17.9. The van der Waals surface area contributed by atoms with Gasteiger partial charge in [0.1, 0.15) is 5.82 Å². The Balaban J connectivity index is 1.56. The molecule has 7 heteroatoms. The molecule has 0 aliphatic carbocycles. The molecule has 0 atom stereocenters. The van der Waals surface area contributed by atoms with Crippen LogP contribution in [0.4, 0.5) is 0 Å². The first-order valence-electron chi connectivity index (χ1n) is 8.73. The predicted octanol–water partition coefficient (Wildman–Crippen LogP) is 2.69. The molecule has 6 nitrogen and oxygen atoms in total. The lowest BCUT2D eigenvalue weighted by Gasteiger charge is -2.29. The number of carbonyl (C=O) groups is 1. The van der Waals surface area contributed by atoms with Gasteiger partial charge in [0.25, 0.3) is 5.91 Å². The number of halogens is 1. The second kappa shape index (κ2) is 7.97. The molecule has 1 aromatic heterocycles. The number of likely N-dealkylation sites (tertiary alicyclic amines) is 1. The van der Waals surface area contributed by atoms with Crippen LogP contribution in [0.25, 0.3) is 5.69 Å². The van der Waals surface area contributed by atoms with Crippen molar-refractivity contribution in [3.05, 3.63) is 40.9 Å². The topological polar surface area (TPSA) is 63.1 Å². The van der Waals surface area contributed by atoms with Gasteiger partial charge in [0.15, 0.2) is 0 Å². The molecule has 0 saturated carbocycles. The summed E-state index contributed by atoms with van der Waals surface area (Å²) in [6.45, 7) is 7.83. The fourth-order valence-corrected chi connectivity index (χ4v) is 3.13. The summed E-state index contributed by atoms with van der Waals surface area (Å²) >= 11 is 5.91. The van der Waals surface area contributed by atoms with Crippen molar-refractivity contribution in [1.29, 1.82) is 0 Å². The maximum Gasteiger partial charge on any atom is 0.291 e. The smallest absolute Gasteiger partial charge is 0.291 e. The SMILES string of the molecule is Cc1nc(C(=O)NCCN2CCC(C)CC2)nn1-c1ccc(Cl)cc1. The molecule has 1 N–H and O–H groups in total. The zero-order chi connectivity index (χ0) is 17.8. The number of rotatable bonds is 5. The van der Waals surface area contributed by atoms with Crippen molar-refractivity contribution < 1.29 is 4.79 Å². The van der Waals surface area contributed by atoms with Crippen LogP contribution in [0.15, 0.2) is 24.3 Å². The number of carbonyl (C=O) groups excluding carboxylic acids is 1. The minimum Gasteiger partial charge on any atom is -0.348 e. The summed E-state index contributed by atoms with van der Waals surface area (Å²) in [6.07, 6.45) is 2.47. The fourth-order valence-electron chi connectivity index (χ4n) is 3.01. The van der Waals surface area contributed by atoms with Crippen molar-refractivity contribution in [2.75, 3.05) is 26.2 Å². The first-order valence-corrected chi connectivity index (χ1v) is 9.11. The summed E-state index contributed by atoms with van der Waals surface area (Å²) < 4.78 is 1.65. The van der Waals surface area contributed by atoms with Gasteiger partial charge in [0, 0.05) is 18.1 Å². The molecule has 1 aliphatic heterocycles. The van der Waals surface area contributed by atoms with Gasteiger partial charge in [-0.1, -0.05) is 18.5 Å². The van der Waals surface area contributed by atoms with Crippen molar-refractivity contribution in [1.82, 2.24) is 25.0 Å². The summed E-state index contributed by atoms with van der Waals surface area (Å²) in [4.78, 5) is 19.0. The lowest BCUT2D eigenvalue weighted by atomic mass is 9.99. The summed E-state index contributed by atoms with van der Waals surface area (Å²) in [5.74, 6) is 1.44. The molecule has 1 aliphatic rings. The van der Waals surface area contributed by atoms with Crippen LogP contribution >= 0.6 is 11.6 Å². The van der Waals surface area contributed by atoms with E-state index in [1.165, 1.54) is 12.8 Å². The van der Waals surface area contributed by atoms with E-state index >= 15 is 0 Å². The van der Waals surface area contributed by atoms with Crippen LogP contribution in [-0.2, 0) is 0 Å². The standard InChI is InChI=1S/C18H24ClN5O/c1-13-7-10-23(11-8-13)12-9-20-18(25)17-21-14(2)24(22-17)16-5-3-15(19)4-6-16/h3-6,13H,7-12H2,1-2H3,(H,20,25). The first-order chi connectivity index (χ1) is 12.0. The van der Waals surface area contributed by atoms with E-state index in [9.17, 15) is 4.79 Å². The van der Waals surface area contributed by atoms with Gasteiger partial charge in [-0.3, -0.25) is 4.79 Å². The Bertz CT molecular complexity index is 720. The number of aromatic nitrogens is 3. The number of amides is 1. The number of piperidine rings is 1. The molecule has 134 valence electrons. The monoisotopic (exact) mass is 361 g/mol. The van der Waals surface area contributed by atoms with Gasteiger partial charge in [-0.05, 0) is 63.0 Å². The van der Waals surface area contributed by atoms with Gasteiger partial charge in [-0.15, -0.1) is 5.10 Å². The molecule has 1 amide bonds. The van der Waals surface area contributed by atoms with E-state index in [0.29, 0.717) is 17.4 Å². The summed E-state index contributed by atoms with van der Waals surface area (Å²) in [5.41, 5.74) is 0.830. The van der Waals surface area contributed by atoms with Gasteiger partial charge in [-0.25, -0.2) is 9.67 Å². The quantitative estimate of drug-likeness (QED) is 0.889. The number of nitrogens with one attached hydrogen (secondary N) is 1. The molecule has 1 fully saturated rings. The van der Waals surface area contributed by atoms with Crippen LogP contribution < -0.4 is 5.32 Å². The molecule has 1 saturated heterocycles. The average Bonchev–Trinajstić information content (AvgIpc) is 2.99. The Kier molecular flexibility index (Phi) is 5.71. The van der Waals surface area contributed by atoms with Crippen molar-refractivity contribution in [2.24, 2.45) is 5.92 Å². The molecule has 2 heterocycles. The van der Waals surface area contributed by atoms with E-state index in [1.54, 1.807) is 16.8 Å². The molecule has 0 bridgehead atoms. The Labute approximate surface area is 153 Å². The third-order valence-electron chi connectivity index (χ3n) is 4.63. The van der Waals surface area contributed by atoms with Crippen LogP contribution in [0.1, 0.15) is 36.2 Å². The molecule has 2 aromatic rings. The van der Waals surface area contributed by atoms with Crippen LogP contribution in [0, 0.1) is 12.8 Å². The third kappa shape index (κ3) is 4.58. The number of benzene rings is 1. The van der Waals surface area contributed by atoms with E-state index in [0.717, 1.165) is 31.2 Å². The zero-order valence-electron chi connectivity index (χ0n) is 14.7. The number of hydrogen-bond donors (Lipinski definition) is 1. The number of aryl methyl sites for hydroxylation is 1.